The number of nitrogens with zero attached hydrogens (tertiary/aromatic N) is 6. The Morgan fingerprint density at radius 2 is 1.83 bits per heavy atom. The zero-order chi connectivity index (χ0) is 19.3. The van der Waals surface area contributed by atoms with Gasteiger partial charge in [0.2, 0.25) is 11.9 Å². The molecule has 2 aromatic rings. The molecule has 1 aromatic heterocycles. The zero-order valence-electron chi connectivity index (χ0n) is 16.3. The van der Waals surface area contributed by atoms with Crippen molar-refractivity contribution in [3.05, 3.63) is 48.3 Å². The van der Waals surface area contributed by atoms with E-state index in [1.807, 2.05) is 35.2 Å². The maximum absolute atomic E-state index is 11.9. The second-order valence-electron chi connectivity index (χ2n) is 7.02. The molecule has 2 saturated heterocycles. The summed E-state index contributed by atoms with van der Waals surface area (Å²) in [5, 5.41) is 0. The largest absolute Gasteiger partial charge is 0.370 e. The number of carbonyl (C=O) groups is 1. The highest BCUT2D eigenvalue weighted by atomic mass is 127. The van der Waals surface area contributed by atoms with Crippen LogP contribution in [-0.2, 0) is 11.3 Å². The van der Waals surface area contributed by atoms with Gasteiger partial charge >= 0.3 is 0 Å². The van der Waals surface area contributed by atoms with Crippen LogP contribution in [0.1, 0.15) is 18.4 Å². The molecule has 154 valence electrons. The molecule has 2 N–H and O–H groups in total. The summed E-state index contributed by atoms with van der Waals surface area (Å²) in [6, 6.07) is 9.82. The van der Waals surface area contributed by atoms with Gasteiger partial charge in [-0.3, -0.25) is 4.79 Å². The smallest absolute Gasteiger partial charge is 0.227 e. The lowest BCUT2D eigenvalue weighted by molar-refractivity contribution is -0.117. The Kier molecular flexibility index (Phi) is 7.24. The van der Waals surface area contributed by atoms with Crippen molar-refractivity contribution >= 4 is 47.5 Å². The third kappa shape index (κ3) is 5.14. The summed E-state index contributed by atoms with van der Waals surface area (Å²) in [7, 11) is 0. The van der Waals surface area contributed by atoms with Gasteiger partial charge in [0.25, 0.3) is 0 Å². The van der Waals surface area contributed by atoms with Crippen molar-refractivity contribution in [3.63, 3.8) is 0 Å². The normalized spacial score (nSPS) is 17.4. The SMILES string of the molecule is I.NC(=NCc1cccc(N2CCCC2=O)c1)N1CCN(c2ncccn2)CC1. The van der Waals surface area contributed by atoms with Crippen LogP contribution in [0.25, 0.3) is 0 Å². The molecule has 0 radical (unpaired) electrons. The molecule has 0 bridgehead atoms. The van der Waals surface area contributed by atoms with Crippen LogP contribution < -0.4 is 15.5 Å². The Morgan fingerprint density at radius 1 is 1.07 bits per heavy atom. The number of halogens is 1. The quantitative estimate of drug-likeness (QED) is 0.386. The third-order valence-electron chi connectivity index (χ3n) is 5.16. The molecular weight excluding hydrogens is 481 g/mol. The first-order valence-electron chi connectivity index (χ1n) is 9.67. The number of rotatable bonds is 4. The number of benzene rings is 1. The van der Waals surface area contributed by atoms with E-state index in [0.29, 0.717) is 18.9 Å². The number of aromatic nitrogens is 2. The molecule has 0 saturated carbocycles. The van der Waals surface area contributed by atoms with Gasteiger partial charge in [-0.15, -0.1) is 24.0 Å². The molecule has 0 spiro atoms. The van der Waals surface area contributed by atoms with Gasteiger partial charge in [-0.05, 0) is 30.2 Å². The molecule has 2 fully saturated rings. The number of guanidine groups is 1. The van der Waals surface area contributed by atoms with Crippen LogP contribution in [-0.4, -0.2) is 59.5 Å². The van der Waals surface area contributed by atoms with Crippen molar-refractivity contribution < 1.29 is 4.79 Å². The lowest BCUT2D eigenvalue weighted by Gasteiger charge is -2.35. The van der Waals surface area contributed by atoms with Crippen LogP contribution in [0, 0.1) is 0 Å². The number of aliphatic imine (C=N–C) groups is 1. The zero-order valence-corrected chi connectivity index (χ0v) is 18.6. The summed E-state index contributed by atoms with van der Waals surface area (Å²) < 4.78 is 0. The highest BCUT2D eigenvalue weighted by Crippen LogP contribution is 2.22. The van der Waals surface area contributed by atoms with E-state index in [2.05, 4.69) is 24.8 Å². The lowest BCUT2D eigenvalue weighted by atomic mass is 10.2. The van der Waals surface area contributed by atoms with Crippen LogP contribution in [0.3, 0.4) is 0 Å². The van der Waals surface area contributed by atoms with E-state index in [-0.39, 0.29) is 29.9 Å². The summed E-state index contributed by atoms with van der Waals surface area (Å²) in [5.41, 5.74) is 8.23. The Labute approximate surface area is 187 Å². The maximum Gasteiger partial charge on any atom is 0.227 e. The van der Waals surface area contributed by atoms with E-state index >= 15 is 0 Å². The summed E-state index contributed by atoms with van der Waals surface area (Å²) in [5.74, 6) is 1.50. The molecule has 1 aromatic carbocycles. The summed E-state index contributed by atoms with van der Waals surface area (Å²) in [6.07, 6.45) is 5.08. The standard InChI is InChI=1S/C20H25N7O.HI/c21-19(25-10-12-26(13-11-25)20-22-7-3-8-23-20)24-15-16-4-1-5-17(14-16)27-9-2-6-18(27)28;/h1,3-5,7-8,14H,2,6,9-13,15H2,(H2,21,24);1H. The van der Waals surface area contributed by atoms with E-state index in [0.717, 1.165) is 56.3 Å². The van der Waals surface area contributed by atoms with Crippen molar-refractivity contribution in [2.45, 2.75) is 19.4 Å². The van der Waals surface area contributed by atoms with Gasteiger partial charge < -0.3 is 20.4 Å². The van der Waals surface area contributed by atoms with E-state index in [1.165, 1.54) is 0 Å². The molecule has 2 aliphatic heterocycles. The molecule has 0 atom stereocenters. The second kappa shape index (κ2) is 9.86. The molecular formula is C20H26IN7O. The molecule has 2 aliphatic rings. The number of amides is 1. The average molecular weight is 507 g/mol. The highest BCUT2D eigenvalue weighted by Gasteiger charge is 2.22. The summed E-state index contributed by atoms with van der Waals surface area (Å²) >= 11 is 0. The molecule has 9 heteroatoms. The predicted octanol–water partition coefficient (Wildman–Crippen LogP) is 1.86. The Hall–Kier alpha value is -2.43. The third-order valence-corrected chi connectivity index (χ3v) is 5.16. The van der Waals surface area contributed by atoms with Gasteiger partial charge in [0.15, 0.2) is 5.96 Å². The summed E-state index contributed by atoms with van der Waals surface area (Å²) in [6.45, 7) is 4.50. The number of anilines is 2. The highest BCUT2D eigenvalue weighted by molar-refractivity contribution is 14.0. The average Bonchev–Trinajstić information content (AvgIpc) is 3.19. The molecule has 4 rings (SSSR count). The Morgan fingerprint density at radius 3 is 2.52 bits per heavy atom. The molecule has 0 unspecified atom stereocenters. The molecule has 8 nitrogen and oxygen atoms in total. The van der Waals surface area contributed by atoms with Gasteiger partial charge in [-0.1, -0.05) is 12.1 Å². The Balaban J connectivity index is 0.00000240. The predicted molar refractivity (Wildman–Crippen MR) is 125 cm³/mol. The first kappa shape index (κ1) is 21.3. The minimum atomic E-state index is 0. The minimum absolute atomic E-state index is 0. The van der Waals surface area contributed by atoms with Gasteiger partial charge in [0, 0.05) is 57.2 Å². The fraction of sp³-hybridized carbons (Fsp3) is 0.400. The number of carbonyl (C=O) groups excluding carboxylic acids is 1. The second-order valence-corrected chi connectivity index (χ2v) is 7.02. The molecule has 29 heavy (non-hydrogen) atoms. The van der Waals surface area contributed by atoms with E-state index < -0.39 is 0 Å². The number of hydrogen-bond acceptors (Lipinski definition) is 5. The first-order valence-corrected chi connectivity index (χ1v) is 9.67. The maximum atomic E-state index is 11.9. The van der Waals surface area contributed by atoms with Crippen LogP contribution in [0.15, 0.2) is 47.7 Å². The first-order chi connectivity index (χ1) is 13.7. The molecule has 0 aliphatic carbocycles. The van der Waals surface area contributed by atoms with Gasteiger partial charge in [-0.2, -0.15) is 0 Å². The van der Waals surface area contributed by atoms with Crippen LogP contribution in [0.5, 0.6) is 0 Å². The van der Waals surface area contributed by atoms with Crippen molar-refractivity contribution in [2.75, 3.05) is 42.5 Å². The minimum Gasteiger partial charge on any atom is -0.370 e. The Bertz CT molecular complexity index is 853. The monoisotopic (exact) mass is 507 g/mol. The van der Waals surface area contributed by atoms with E-state index in [9.17, 15) is 4.79 Å². The van der Waals surface area contributed by atoms with Crippen LogP contribution in [0.2, 0.25) is 0 Å². The van der Waals surface area contributed by atoms with Gasteiger partial charge in [-0.25, -0.2) is 15.0 Å². The van der Waals surface area contributed by atoms with Crippen molar-refractivity contribution in [1.29, 1.82) is 0 Å². The van der Waals surface area contributed by atoms with Crippen molar-refractivity contribution in [3.8, 4) is 0 Å². The van der Waals surface area contributed by atoms with E-state index in [4.69, 9.17) is 5.73 Å². The fourth-order valence-electron chi connectivity index (χ4n) is 3.61. The van der Waals surface area contributed by atoms with Crippen molar-refractivity contribution in [1.82, 2.24) is 14.9 Å². The number of hydrogen-bond donors (Lipinski definition) is 1. The fourth-order valence-corrected chi connectivity index (χ4v) is 3.61. The lowest BCUT2D eigenvalue weighted by Crippen LogP contribution is -2.51. The molecule has 1 amide bonds. The van der Waals surface area contributed by atoms with Crippen molar-refractivity contribution in [2.24, 2.45) is 10.7 Å². The molecule has 3 heterocycles. The van der Waals surface area contributed by atoms with Gasteiger partial charge in [0.05, 0.1) is 6.54 Å². The van der Waals surface area contributed by atoms with Gasteiger partial charge in [0.1, 0.15) is 0 Å². The van der Waals surface area contributed by atoms with E-state index in [1.54, 1.807) is 12.4 Å². The number of nitrogens with two attached hydrogens (primary N) is 1. The topological polar surface area (TPSA) is 91.0 Å². The number of piperazine rings is 1. The summed E-state index contributed by atoms with van der Waals surface area (Å²) in [4.78, 5) is 31.2. The van der Waals surface area contributed by atoms with Crippen LogP contribution in [0.4, 0.5) is 11.6 Å². The van der Waals surface area contributed by atoms with Crippen LogP contribution >= 0.6 is 24.0 Å².